The Balaban J connectivity index is 1.80. The molecule has 0 fully saturated rings. The molecule has 0 atom stereocenters. The SMILES string of the molecule is CCN(CC(=O)NN=C/C=C/c1ccccc1)c1ccccc1. The molecule has 4 heteroatoms. The van der Waals surface area contributed by atoms with Crippen molar-refractivity contribution in [3.63, 3.8) is 0 Å². The maximum atomic E-state index is 11.9. The zero-order valence-electron chi connectivity index (χ0n) is 13.2. The van der Waals surface area contributed by atoms with E-state index in [2.05, 4.69) is 10.5 Å². The number of carbonyl (C=O) groups is 1. The molecule has 118 valence electrons. The predicted molar refractivity (Wildman–Crippen MR) is 96.4 cm³/mol. The molecule has 2 rings (SSSR count). The van der Waals surface area contributed by atoms with Gasteiger partial charge in [0.15, 0.2) is 0 Å². The van der Waals surface area contributed by atoms with E-state index in [1.807, 2.05) is 78.6 Å². The van der Waals surface area contributed by atoms with Gasteiger partial charge in [0.25, 0.3) is 5.91 Å². The third kappa shape index (κ3) is 5.79. The van der Waals surface area contributed by atoms with Crippen LogP contribution in [-0.2, 0) is 4.79 Å². The molecule has 0 aliphatic carbocycles. The molecule has 0 radical (unpaired) electrons. The fourth-order valence-corrected chi connectivity index (χ4v) is 2.10. The van der Waals surface area contributed by atoms with Crippen LogP contribution in [-0.4, -0.2) is 25.2 Å². The topological polar surface area (TPSA) is 44.7 Å². The average Bonchev–Trinajstić information content (AvgIpc) is 2.61. The van der Waals surface area contributed by atoms with Crippen LogP contribution in [0.5, 0.6) is 0 Å². The quantitative estimate of drug-likeness (QED) is 0.630. The average molecular weight is 307 g/mol. The van der Waals surface area contributed by atoms with Crippen molar-refractivity contribution in [2.45, 2.75) is 6.92 Å². The van der Waals surface area contributed by atoms with E-state index in [1.165, 1.54) is 0 Å². The minimum atomic E-state index is -0.139. The number of hydrogen-bond acceptors (Lipinski definition) is 3. The van der Waals surface area contributed by atoms with E-state index in [9.17, 15) is 4.79 Å². The normalized spacial score (nSPS) is 11.0. The molecule has 0 saturated carbocycles. The molecule has 0 aromatic heterocycles. The van der Waals surface area contributed by atoms with Crippen molar-refractivity contribution in [2.24, 2.45) is 5.10 Å². The Morgan fingerprint density at radius 2 is 1.74 bits per heavy atom. The van der Waals surface area contributed by atoms with E-state index in [0.717, 1.165) is 17.8 Å². The highest BCUT2D eigenvalue weighted by Gasteiger charge is 2.08. The van der Waals surface area contributed by atoms with Gasteiger partial charge < -0.3 is 4.90 Å². The van der Waals surface area contributed by atoms with Crippen LogP contribution in [0.2, 0.25) is 0 Å². The molecule has 0 unspecified atom stereocenters. The Morgan fingerprint density at radius 1 is 1.09 bits per heavy atom. The third-order valence-electron chi connectivity index (χ3n) is 3.28. The van der Waals surface area contributed by atoms with Gasteiger partial charge in [-0.15, -0.1) is 0 Å². The van der Waals surface area contributed by atoms with Crippen molar-refractivity contribution in [1.82, 2.24) is 5.43 Å². The monoisotopic (exact) mass is 307 g/mol. The molecule has 0 aliphatic heterocycles. The summed E-state index contributed by atoms with van der Waals surface area (Å²) in [6, 6.07) is 19.8. The molecule has 2 aromatic carbocycles. The number of amides is 1. The zero-order chi connectivity index (χ0) is 16.3. The van der Waals surface area contributed by atoms with Crippen molar-refractivity contribution < 1.29 is 4.79 Å². The molecule has 4 nitrogen and oxygen atoms in total. The van der Waals surface area contributed by atoms with Gasteiger partial charge in [0.05, 0.1) is 6.54 Å². The van der Waals surface area contributed by atoms with Gasteiger partial charge in [-0.1, -0.05) is 54.6 Å². The second-order valence-electron chi connectivity index (χ2n) is 4.93. The molecule has 1 N–H and O–H groups in total. The maximum absolute atomic E-state index is 11.9. The Labute approximate surface area is 137 Å². The van der Waals surface area contributed by atoms with Crippen LogP contribution in [0.25, 0.3) is 6.08 Å². The highest BCUT2D eigenvalue weighted by atomic mass is 16.2. The van der Waals surface area contributed by atoms with Crippen LogP contribution < -0.4 is 10.3 Å². The van der Waals surface area contributed by atoms with Crippen LogP contribution in [0.15, 0.2) is 71.8 Å². The lowest BCUT2D eigenvalue weighted by atomic mass is 10.2. The number of anilines is 1. The minimum absolute atomic E-state index is 0.139. The van der Waals surface area contributed by atoms with Crippen molar-refractivity contribution >= 4 is 23.9 Å². The first-order valence-corrected chi connectivity index (χ1v) is 7.63. The van der Waals surface area contributed by atoms with E-state index in [-0.39, 0.29) is 12.5 Å². The van der Waals surface area contributed by atoms with Crippen molar-refractivity contribution in [1.29, 1.82) is 0 Å². The molecule has 0 bridgehead atoms. The lowest BCUT2D eigenvalue weighted by Crippen LogP contribution is -2.35. The third-order valence-corrected chi connectivity index (χ3v) is 3.28. The summed E-state index contributed by atoms with van der Waals surface area (Å²) in [6.45, 7) is 3.06. The molecule has 23 heavy (non-hydrogen) atoms. The number of allylic oxidation sites excluding steroid dienone is 1. The number of hydrogen-bond donors (Lipinski definition) is 1. The number of carbonyl (C=O) groups excluding carboxylic acids is 1. The number of para-hydroxylation sites is 1. The standard InChI is InChI=1S/C19H21N3O/c1-2-22(18-13-7-4-8-14-18)16-19(23)21-20-15-9-12-17-10-5-3-6-11-17/h3-15H,2,16H2,1H3,(H,21,23)/b12-9+,20-15?. The van der Waals surface area contributed by atoms with E-state index in [1.54, 1.807) is 12.3 Å². The lowest BCUT2D eigenvalue weighted by molar-refractivity contribution is -0.119. The summed E-state index contributed by atoms with van der Waals surface area (Å²) in [4.78, 5) is 13.9. The Bertz CT molecular complexity index is 651. The van der Waals surface area contributed by atoms with Gasteiger partial charge in [-0.2, -0.15) is 5.10 Å². The van der Waals surface area contributed by atoms with Crippen LogP contribution in [0.4, 0.5) is 5.69 Å². The van der Waals surface area contributed by atoms with E-state index in [0.29, 0.717) is 0 Å². The number of benzene rings is 2. The largest absolute Gasteiger partial charge is 0.362 e. The van der Waals surface area contributed by atoms with Crippen LogP contribution in [0.1, 0.15) is 12.5 Å². The van der Waals surface area contributed by atoms with Crippen LogP contribution >= 0.6 is 0 Å². The first kappa shape index (κ1) is 16.5. The number of nitrogens with one attached hydrogen (secondary N) is 1. The predicted octanol–water partition coefficient (Wildman–Crippen LogP) is 3.33. The van der Waals surface area contributed by atoms with Crippen molar-refractivity contribution in [2.75, 3.05) is 18.0 Å². The van der Waals surface area contributed by atoms with Gasteiger partial charge in [0.2, 0.25) is 0 Å². The molecule has 0 spiro atoms. The second kappa shape index (κ2) is 9.20. The highest BCUT2D eigenvalue weighted by molar-refractivity contribution is 5.83. The summed E-state index contributed by atoms with van der Waals surface area (Å²) in [6.07, 6.45) is 5.30. The Morgan fingerprint density at radius 3 is 2.39 bits per heavy atom. The van der Waals surface area contributed by atoms with E-state index < -0.39 is 0 Å². The van der Waals surface area contributed by atoms with Crippen molar-refractivity contribution in [3.05, 3.63) is 72.3 Å². The van der Waals surface area contributed by atoms with E-state index >= 15 is 0 Å². The minimum Gasteiger partial charge on any atom is -0.362 e. The molecule has 1 amide bonds. The maximum Gasteiger partial charge on any atom is 0.259 e. The Kier molecular flexibility index (Phi) is 6.60. The first-order valence-electron chi connectivity index (χ1n) is 7.63. The molecular formula is C19H21N3O. The van der Waals surface area contributed by atoms with Gasteiger partial charge in [-0.3, -0.25) is 4.79 Å². The summed E-state index contributed by atoms with van der Waals surface area (Å²) in [5.74, 6) is -0.139. The molecular weight excluding hydrogens is 286 g/mol. The Hall–Kier alpha value is -2.88. The summed E-state index contributed by atoms with van der Waals surface area (Å²) < 4.78 is 0. The summed E-state index contributed by atoms with van der Waals surface area (Å²) in [5.41, 5.74) is 4.66. The fourth-order valence-electron chi connectivity index (χ4n) is 2.10. The van der Waals surface area contributed by atoms with E-state index in [4.69, 9.17) is 0 Å². The van der Waals surface area contributed by atoms with Gasteiger partial charge in [0, 0.05) is 18.4 Å². The zero-order valence-corrected chi connectivity index (χ0v) is 13.2. The first-order chi connectivity index (χ1) is 11.3. The molecule has 2 aromatic rings. The van der Waals surface area contributed by atoms with Crippen molar-refractivity contribution in [3.8, 4) is 0 Å². The number of likely N-dealkylation sites (N-methyl/N-ethyl adjacent to an activating group) is 1. The second-order valence-corrected chi connectivity index (χ2v) is 4.93. The van der Waals surface area contributed by atoms with Crippen LogP contribution in [0, 0.1) is 0 Å². The molecule has 0 aliphatic rings. The number of rotatable bonds is 7. The summed E-state index contributed by atoms with van der Waals surface area (Å²) in [7, 11) is 0. The number of hydrazone groups is 1. The highest BCUT2D eigenvalue weighted by Crippen LogP contribution is 2.11. The number of nitrogens with zero attached hydrogens (tertiary/aromatic N) is 2. The smallest absolute Gasteiger partial charge is 0.259 e. The lowest BCUT2D eigenvalue weighted by Gasteiger charge is -2.21. The van der Waals surface area contributed by atoms with Crippen LogP contribution in [0.3, 0.4) is 0 Å². The summed E-state index contributed by atoms with van der Waals surface area (Å²) in [5, 5.41) is 3.93. The van der Waals surface area contributed by atoms with Gasteiger partial charge in [0.1, 0.15) is 0 Å². The fraction of sp³-hybridized carbons (Fsp3) is 0.158. The summed E-state index contributed by atoms with van der Waals surface area (Å²) >= 11 is 0. The van der Waals surface area contributed by atoms with Gasteiger partial charge in [-0.25, -0.2) is 5.43 Å². The van der Waals surface area contributed by atoms with Gasteiger partial charge in [-0.05, 0) is 30.7 Å². The van der Waals surface area contributed by atoms with Gasteiger partial charge >= 0.3 is 0 Å². The molecule has 0 heterocycles. The molecule has 0 saturated heterocycles.